The molecule has 0 spiro atoms. The molecule has 1 saturated heterocycles. The predicted octanol–water partition coefficient (Wildman–Crippen LogP) is 2.74. The molecule has 5 heteroatoms. The standard InChI is InChI=1S/C16H19NO4/c1-2-11-10-20-8-7-17(11)9-13-12-5-3-4-6-14(12)21-15(13)16(18)19/h3-6,11H,2,7-10H2,1H3,(H,18,19). The first-order chi connectivity index (χ1) is 10.2. The topological polar surface area (TPSA) is 62.9 Å². The van der Waals surface area contributed by atoms with Crippen molar-refractivity contribution in [2.45, 2.75) is 25.9 Å². The first-order valence-electron chi connectivity index (χ1n) is 7.26. The number of para-hydroxylation sites is 1. The summed E-state index contributed by atoms with van der Waals surface area (Å²) < 4.78 is 11.0. The molecule has 1 unspecified atom stereocenters. The fourth-order valence-electron chi connectivity index (χ4n) is 2.90. The number of carboxylic acid groups (broad SMARTS) is 1. The molecule has 1 fully saturated rings. The number of carbonyl (C=O) groups is 1. The molecule has 0 saturated carbocycles. The number of morpholine rings is 1. The second kappa shape index (κ2) is 5.87. The summed E-state index contributed by atoms with van der Waals surface area (Å²) in [5.41, 5.74) is 1.39. The minimum atomic E-state index is -1.01. The summed E-state index contributed by atoms with van der Waals surface area (Å²) in [4.78, 5) is 13.7. The van der Waals surface area contributed by atoms with Crippen LogP contribution in [0.2, 0.25) is 0 Å². The quantitative estimate of drug-likeness (QED) is 0.937. The van der Waals surface area contributed by atoms with Gasteiger partial charge in [0, 0.05) is 30.1 Å². The predicted molar refractivity (Wildman–Crippen MR) is 78.5 cm³/mol. The number of nitrogens with zero attached hydrogens (tertiary/aromatic N) is 1. The zero-order valence-corrected chi connectivity index (χ0v) is 12.0. The van der Waals surface area contributed by atoms with Crippen molar-refractivity contribution in [2.24, 2.45) is 0 Å². The first kappa shape index (κ1) is 14.1. The van der Waals surface area contributed by atoms with Crippen molar-refractivity contribution in [3.63, 3.8) is 0 Å². The Kier molecular flexibility index (Phi) is 3.94. The number of furan rings is 1. The minimum absolute atomic E-state index is 0.0533. The summed E-state index contributed by atoms with van der Waals surface area (Å²) >= 11 is 0. The maximum atomic E-state index is 11.4. The van der Waals surface area contributed by atoms with Gasteiger partial charge in [-0.05, 0) is 12.5 Å². The molecule has 0 bridgehead atoms. The summed E-state index contributed by atoms with van der Waals surface area (Å²) in [6.07, 6.45) is 0.984. The minimum Gasteiger partial charge on any atom is -0.475 e. The molecule has 21 heavy (non-hydrogen) atoms. The van der Waals surface area contributed by atoms with Gasteiger partial charge in [0.2, 0.25) is 5.76 Å². The highest BCUT2D eigenvalue weighted by Crippen LogP contribution is 2.28. The van der Waals surface area contributed by atoms with Crippen LogP contribution in [0.4, 0.5) is 0 Å². The SMILES string of the molecule is CCC1COCCN1Cc1c(C(=O)O)oc2ccccc12. The Morgan fingerprint density at radius 3 is 3.00 bits per heavy atom. The molecule has 1 aliphatic rings. The molecule has 2 heterocycles. The van der Waals surface area contributed by atoms with Crippen LogP contribution >= 0.6 is 0 Å². The van der Waals surface area contributed by atoms with Crippen LogP contribution in [0.5, 0.6) is 0 Å². The summed E-state index contributed by atoms with van der Waals surface area (Å²) in [5, 5.41) is 10.3. The van der Waals surface area contributed by atoms with Crippen LogP contribution in [0.1, 0.15) is 29.5 Å². The van der Waals surface area contributed by atoms with Gasteiger partial charge in [0.15, 0.2) is 0 Å². The van der Waals surface area contributed by atoms with Crippen molar-refractivity contribution < 1.29 is 19.1 Å². The number of rotatable bonds is 4. The first-order valence-corrected chi connectivity index (χ1v) is 7.26. The molecule has 5 nitrogen and oxygen atoms in total. The van der Waals surface area contributed by atoms with E-state index in [0.717, 1.165) is 23.9 Å². The van der Waals surface area contributed by atoms with Crippen LogP contribution in [-0.4, -0.2) is 41.8 Å². The van der Waals surface area contributed by atoms with E-state index in [1.54, 1.807) is 0 Å². The Labute approximate surface area is 123 Å². The lowest BCUT2D eigenvalue weighted by atomic mass is 10.1. The maximum absolute atomic E-state index is 11.4. The lowest BCUT2D eigenvalue weighted by molar-refractivity contribution is -0.0128. The zero-order chi connectivity index (χ0) is 14.8. The third-order valence-corrected chi connectivity index (χ3v) is 4.07. The molecule has 112 valence electrons. The van der Waals surface area contributed by atoms with E-state index in [-0.39, 0.29) is 5.76 Å². The summed E-state index contributed by atoms with van der Waals surface area (Å²) in [5.74, 6) is -0.958. The lowest BCUT2D eigenvalue weighted by Crippen LogP contribution is -2.44. The van der Waals surface area contributed by atoms with Gasteiger partial charge in [-0.3, -0.25) is 4.90 Å². The zero-order valence-electron chi connectivity index (χ0n) is 12.0. The van der Waals surface area contributed by atoms with E-state index >= 15 is 0 Å². The molecule has 1 atom stereocenters. The van der Waals surface area contributed by atoms with Gasteiger partial charge in [-0.2, -0.15) is 0 Å². The number of carboxylic acids is 1. The Balaban J connectivity index is 1.98. The Morgan fingerprint density at radius 2 is 2.24 bits per heavy atom. The number of ether oxygens (including phenoxy) is 1. The van der Waals surface area contributed by atoms with E-state index < -0.39 is 5.97 Å². The summed E-state index contributed by atoms with van der Waals surface area (Å²) in [7, 11) is 0. The molecular weight excluding hydrogens is 270 g/mol. The molecule has 1 aromatic heterocycles. The van der Waals surface area contributed by atoms with Crippen LogP contribution in [0.15, 0.2) is 28.7 Å². The van der Waals surface area contributed by atoms with E-state index in [2.05, 4.69) is 11.8 Å². The highest BCUT2D eigenvalue weighted by atomic mass is 16.5. The molecule has 1 N–H and O–H groups in total. The molecule has 0 amide bonds. The smallest absolute Gasteiger partial charge is 0.372 e. The van der Waals surface area contributed by atoms with Gasteiger partial charge < -0.3 is 14.3 Å². The van der Waals surface area contributed by atoms with Crippen molar-refractivity contribution in [1.29, 1.82) is 0 Å². The molecule has 1 aliphatic heterocycles. The van der Waals surface area contributed by atoms with Crippen LogP contribution in [-0.2, 0) is 11.3 Å². The summed E-state index contributed by atoms with van der Waals surface area (Å²) in [6.45, 7) is 4.92. The largest absolute Gasteiger partial charge is 0.475 e. The third kappa shape index (κ3) is 2.66. The second-order valence-corrected chi connectivity index (χ2v) is 5.32. The van der Waals surface area contributed by atoms with E-state index in [9.17, 15) is 9.90 Å². The van der Waals surface area contributed by atoms with Crippen molar-refractivity contribution in [1.82, 2.24) is 4.90 Å². The van der Waals surface area contributed by atoms with Crippen molar-refractivity contribution >= 4 is 16.9 Å². The normalized spacial score (nSPS) is 20.0. The average molecular weight is 289 g/mol. The Bertz CT molecular complexity index is 649. The van der Waals surface area contributed by atoms with Gasteiger partial charge in [0.25, 0.3) is 0 Å². The van der Waals surface area contributed by atoms with Gasteiger partial charge in [0.1, 0.15) is 5.58 Å². The van der Waals surface area contributed by atoms with Gasteiger partial charge in [-0.25, -0.2) is 4.79 Å². The molecular formula is C16H19NO4. The van der Waals surface area contributed by atoms with Crippen molar-refractivity contribution in [3.05, 3.63) is 35.6 Å². The van der Waals surface area contributed by atoms with E-state index in [1.165, 1.54) is 0 Å². The van der Waals surface area contributed by atoms with E-state index in [0.29, 0.717) is 31.4 Å². The molecule has 3 rings (SSSR count). The third-order valence-electron chi connectivity index (χ3n) is 4.07. The van der Waals surface area contributed by atoms with Gasteiger partial charge >= 0.3 is 5.97 Å². The second-order valence-electron chi connectivity index (χ2n) is 5.32. The monoisotopic (exact) mass is 289 g/mol. The highest BCUT2D eigenvalue weighted by molar-refractivity contribution is 5.95. The van der Waals surface area contributed by atoms with Gasteiger partial charge in [-0.1, -0.05) is 25.1 Å². The Hall–Kier alpha value is -1.85. The molecule has 1 aromatic carbocycles. The summed E-state index contributed by atoms with van der Waals surface area (Å²) in [6, 6.07) is 7.81. The maximum Gasteiger partial charge on any atom is 0.372 e. The Morgan fingerprint density at radius 1 is 1.43 bits per heavy atom. The van der Waals surface area contributed by atoms with E-state index in [4.69, 9.17) is 9.15 Å². The van der Waals surface area contributed by atoms with Gasteiger partial charge in [0.05, 0.1) is 13.2 Å². The number of hydrogen-bond donors (Lipinski definition) is 1. The number of fused-ring (bicyclic) bond motifs is 1. The lowest BCUT2D eigenvalue weighted by Gasteiger charge is -2.34. The van der Waals surface area contributed by atoms with Crippen LogP contribution in [0, 0.1) is 0 Å². The number of hydrogen-bond acceptors (Lipinski definition) is 4. The fraction of sp³-hybridized carbons (Fsp3) is 0.438. The van der Waals surface area contributed by atoms with E-state index in [1.807, 2.05) is 24.3 Å². The number of aromatic carboxylic acids is 1. The fourth-order valence-corrected chi connectivity index (χ4v) is 2.90. The molecule has 0 radical (unpaired) electrons. The van der Waals surface area contributed by atoms with Crippen molar-refractivity contribution in [3.8, 4) is 0 Å². The van der Waals surface area contributed by atoms with Crippen molar-refractivity contribution in [2.75, 3.05) is 19.8 Å². The molecule has 0 aliphatic carbocycles. The van der Waals surface area contributed by atoms with Crippen LogP contribution in [0.25, 0.3) is 11.0 Å². The van der Waals surface area contributed by atoms with Crippen LogP contribution in [0.3, 0.4) is 0 Å². The average Bonchev–Trinajstić information content (AvgIpc) is 2.87. The number of benzene rings is 1. The van der Waals surface area contributed by atoms with Crippen LogP contribution < -0.4 is 0 Å². The molecule has 2 aromatic rings. The highest BCUT2D eigenvalue weighted by Gasteiger charge is 2.26. The van der Waals surface area contributed by atoms with Gasteiger partial charge in [-0.15, -0.1) is 0 Å².